The zero-order chi connectivity index (χ0) is 17.3. The molecule has 0 aliphatic rings. The summed E-state index contributed by atoms with van der Waals surface area (Å²) < 4.78 is 1.04. The average Bonchev–Trinajstić information content (AvgIpc) is 2.96. The number of thiazole rings is 1. The summed E-state index contributed by atoms with van der Waals surface area (Å²) in [6.07, 6.45) is -0.0644. The third-order valence-corrected chi connectivity index (χ3v) is 4.83. The Morgan fingerprint density at radius 1 is 1.21 bits per heavy atom. The smallest absolute Gasteiger partial charge is 0.273 e. The monoisotopic (exact) mass is 341 g/mol. The highest BCUT2D eigenvalue weighted by Crippen LogP contribution is 2.31. The highest BCUT2D eigenvalue weighted by Gasteiger charge is 2.17. The molecule has 2 aromatic carbocycles. The van der Waals surface area contributed by atoms with Crippen molar-refractivity contribution in [1.29, 1.82) is 0 Å². The number of amides is 1. The van der Waals surface area contributed by atoms with E-state index in [0.717, 1.165) is 21.3 Å². The summed E-state index contributed by atoms with van der Waals surface area (Å²) in [5.41, 5.74) is 3.36. The van der Waals surface area contributed by atoms with Gasteiger partial charge in [0.25, 0.3) is 5.69 Å². The first-order valence-corrected chi connectivity index (χ1v) is 8.16. The van der Waals surface area contributed by atoms with Gasteiger partial charge in [0.1, 0.15) is 0 Å². The van der Waals surface area contributed by atoms with Crippen molar-refractivity contribution in [2.24, 2.45) is 0 Å². The van der Waals surface area contributed by atoms with Crippen molar-refractivity contribution in [3.05, 3.63) is 63.2 Å². The Kier molecular flexibility index (Phi) is 4.26. The maximum Gasteiger partial charge on any atom is 0.273 e. The van der Waals surface area contributed by atoms with Crippen molar-refractivity contribution in [1.82, 2.24) is 4.98 Å². The van der Waals surface area contributed by atoms with Crippen molar-refractivity contribution in [3.8, 4) is 0 Å². The summed E-state index contributed by atoms with van der Waals surface area (Å²) in [4.78, 5) is 27.2. The molecule has 0 unspecified atom stereocenters. The van der Waals surface area contributed by atoms with Crippen molar-refractivity contribution in [2.45, 2.75) is 20.3 Å². The minimum atomic E-state index is -0.479. The highest BCUT2D eigenvalue weighted by molar-refractivity contribution is 7.22. The molecule has 1 heterocycles. The molecule has 0 saturated carbocycles. The number of nitro benzene ring substituents is 1. The van der Waals surface area contributed by atoms with Crippen LogP contribution in [0.2, 0.25) is 0 Å². The SMILES string of the molecule is Cc1ccc(C)c2sc(NC(=O)Cc3ccccc3[N+](=O)[O-])nc12. The standard InChI is InChI=1S/C17H15N3O3S/c1-10-7-8-11(2)16-15(10)19-17(24-16)18-14(21)9-12-5-3-4-6-13(12)20(22)23/h3-8H,9H2,1-2H3,(H,18,19,21). The van der Waals surface area contributed by atoms with Crippen molar-refractivity contribution in [3.63, 3.8) is 0 Å². The Hall–Kier alpha value is -2.80. The third-order valence-electron chi connectivity index (χ3n) is 3.73. The predicted octanol–water partition coefficient (Wildman–Crippen LogP) is 4.00. The van der Waals surface area contributed by atoms with E-state index in [-0.39, 0.29) is 18.0 Å². The molecular formula is C17H15N3O3S. The zero-order valence-corrected chi connectivity index (χ0v) is 14.0. The van der Waals surface area contributed by atoms with Crippen LogP contribution in [-0.4, -0.2) is 15.8 Å². The summed E-state index contributed by atoms with van der Waals surface area (Å²) >= 11 is 1.41. The molecular weight excluding hydrogens is 326 g/mol. The topological polar surface area (TPSA) is 85.1 Å². The number of benzene rings is 2. The number of rotatable bonds is 4. The van der Waals surface area contributed by atoms with E-state index in [1.807, 2.05) is 26.0 Å². The molecule has 122 valence electrons. The van der Waals surface area contributed by atoms with Gasteiger partial charge in [-0.05, 0) is 25.0 Å². The van der Waals surface area contributed by atoms with Gasteiger partial charge in [0.05, 0.1) is 21.6 Å². The Morgan fingerprint density at radius 3 is 2.62 bits per heavy atom. The van der Waals surface area contributed by atoms with Crippen LogP contribution in [0.3, 0.4) is 0 Å². The number of nitrogens with zero attached hydrogens (tertiary/aromatic N) is 2. The number of carbonyl (C=O) groups is 1. The van der Waals surface area contributed by atoms with Crippen molar-refractivity contribution in [2.75, 3.05) is 5.32 Å². The lowest BCUT2D eigenvalue weighted by molar-refractivity contribution is -0.385. The van der Waals surface area contributed by atoms with Gasteiger partial charge in [0.2, 0.25) is 5.91 Å². The molecule has 0 aliphatic heterocycles. The molecule has 0 fully saturated rings. The fourth-order valence-corrected chi connectivity index (χ4v) is 3.52. The molecule has 0 radical (unpaired) electrons. The van der Waals surface area contributed by atoms with Gasteiger partial charge in [-0.1, -0.05) is 41.7 Å². The molecule has 24 heavy (non-hydrogen) atoms. The lowest BCUT2D eigenvalue weighted by Crippen LogP contribution is -2.15. The van der Waals surface area contributed by atoms with E-state index in [2.05, 4.69) is 10.3 Å². The Balaban J connectivity index is 1.82. The molecule has 0 saturated heterocycles. The van der Waals surface area contributed by atoms with Gasteiger partial charge in [0.15, 0.2) is 5.13 Å². The molecule has 1 aromatic heterocycles. The van der Waals surface area contributed by atoms with Crippen LogP contribution in [0.15, 0.2) is 36.4 Å². The van der Waals surface area contributed by atoms with E-state index in [1.165, 1.54) is 17.4 Å². The van der Waals surface area contributed by atoms with Gasteiger partial charge in [-0.15, -0.1) is 0 Å². The highest BCUT2D eigenvalue weighted by atomic mass is 32.1. The Bertz CT molecular complexity index is 910. The molecule has 3 rings (SSSR count). The molecule has 1 N–H and O–H groups in total. The molecule has 0 spiro atoms. The number of anilines is 1. The van der Waals surface area contributed by atoms with Gasteiger partial charge in [-0.25, -0.2) is 4.98 Å². The molecule has 3 aromatic rings. The number of nitro groups is 1. The van der Waals surface area contributed by atoms with Crippen LogP contribution in [0, 0.1) is 24.0 Å². The Labute approximate surface area is 142 Å². The van der Waals surface area contributed by atoms with E-state index in [1.54, 1.807) is 18.2 Å². The van der Waals surface area contributed by atoms with Crippen LogP contribution in [0.5, 0.6) is 0 Å². The van der Waals surface area contributed by atoms with E-state index < -0.39 is 4.92 Å². The average molecular weight is 341 g/mol. The van der Waals surface area contributed by atoms with E-state index in [9.17, 15) is 14.9 Å². The quantitative estimate of drug-likeness (QED) is 0.574. The van der Waals surface area contributed by atoms with E-state index in [0.29, 0.717) is 10.7 Å². The van der Waals surface area contributed by atoms with Crippen LogP contribution >= 0.6 is 11.3 Å². The fourth-order valence-electron chi connectivity index (χ4n) is 2.49. The van der Waals surface area contributed by atoms with Crippen molar-refractivity contribution >= 4 is 38.3 Å². The molecule has 0 bridgehead atoms. The Morgan fingerprint density at radius 2 is 1.92 bits per heavy atom. The first-order valence-electron chi connectivity index (χ1n) is 7.34. The third kappa shape index (κ3) is 3.11. The molecule has 0 atom stereocenters. The predicted molar refractivity (Wildman–Crippen MR) is 94.5 cm³/mol. The number of aryl methyl sites for hydroxylation is 2. The lowest BCUT2D eigenvalue weighted by atomic mass is 10.1. The number of hydrogen-bond donors (Lipinski definition) is 1. The number of fused-ring (bicyclic) bond motifs is 1. The summed E-state index contributed by atoms with van der Waals surface area (Å²) in [7, 11) is 0. The second-order valence-corrected chi connectivity index (χ2v) is 6.51. The molecule has 0 aliphatic carbocycles. The number of carbonyl (C=O) groups excluding carboxylic acids is 1. The van der Waals surface area contributed by atoms with Gasteiger partial charge < -0.3 is 5.32 Å². The van der Waals surface area contributed by atoms with Gasteiger partial charge >= 0.3 is 0 Å². The number of hydrogen-bond acceptors (Lipinski definition) is 5. The molecule has 7 heteroatoms. The van der Waals surface area contributed by atoms with Crippen LogP contribution in [0.1, 0.15) is 16.7 Å². The zero-order valence-electron chi connectivity index (χ0n) is 13.2. The van der Waals surface area contributed by atoms with Gasteiger partial charge in [-0.2, -0.15) is 0 Å². The van der Waals surface area contributed by atoms with Crippen LogP contribution in [0.25, 0.3) is 10.2 Å². The fraction of sp³-hybridized carbons (Fsp3) is 0.176. The van der Waals surface area contributed by atoms with Gasteiger partial charge in [-0.3, -0.25) is 14.9 Å². The van der Waals surface area contributed by atoms with Crippen molar-refractivity contribution < 1.29 is 9.72 Å². The first-order chi connectivity index (χ1) is 11.5. The lowest BCUT2D eigenvalue weighted by Gasteiger charge is -2.03. The van der Waals surface area contributed by atoms with E-state index in [4.69, 9.17) is 0 Å². The number of aromatic nitrogens is 1. The maximum atomic E-state index is 12.2. The number of para-hydroxylation sites is 1. The number of nitrogens with one attached hydrogen (secondary N) is 1. The summed E-state index contributed by atoms with van der Waals surface area (Å²) in [5.74, 6) is -0.321. The van der Waals surface area contributed by atoms with E-state index >= 15 is 0 Å². The molecule has 1 amide bonds. The summed E-state index contributed by atoms with van der Waals surface area (Å²) in [5, 5.41) is 14.3. The first kappa shape index (κ1) is 16.1. The second-order valence-electron chi connectivity index (χ2n) is 5.51. The minimum Gasteiger partial charge on any atom is -0.302 e. The second kappa shape index (κ2) is 6.37. The van der Waals surface area contributed by atoms with Gasteiger partial charge in [0, 0.05) is 11.6 Å². The maximum absolute atomic E-state index is 12.2. The minimum absolute atomic E-state index is 0.0522. The van der Waals surface area contributed by atoms with Crippen LogP contribution < -0.4 is 5.32 Å². The summed E-state index contributed by atoms with van der Waals surface area (Å²) in [6.45, 7) is 3.97. The summed E-state index contributed by atoms with van der Waals surface area (Å²) in [6, 6.07) is 10.3. The molecule has 6 nitrogen and oxygen atoms in total. The van der Waals surface area contributed by atoms with Crippen LogP contribution in [0.4, 0.5) is 10.8 Å². The normalized spacial score (nSPS) is 10.8. The largest absolute Gasteiger partial charge is 0.302 e. The van der Waals surface area contributed by atoms with Crippen LogP contribution in [-0.2, 0) is 11.2 Å².